The summed E-state index contributed by atoms with van der Waals surface area (Å²) < 4.78 is 2.03. The highest BCUT2D eigenvalue weighted by molar-refractivity contribution is 9.09. The molecular weight excluding hydrogens is 358 g/mol. The lowest BCUT2D eigenvalue weighted by molar-refractivity contribution is 0.291. The van der Waals surface area contributed by atoms with Crippen LogP contribution < -0.4 is 0 Å². The van der Waals surface area contributed by atoms with E-state index in [1.54, 1.807) is 6.33 Å². The largest absolute Gasteiger partial charge is 0.248 e. The van der Waals surface area contributed by atoms with Crippen molar-refractivity contribution in [3.63, 3.8) is 0 Å². The molecule has 0 aliphatic heterocycles. The monoisotopic (exact) mass is 379 g/mol. The van der Waals surface area contributed by atoms with Crippen LogP contribution in [0.15, 0.2) is 6.33 Å². The summed E-state index contributed by atoms with van der Waals surface area (Å²) in [7, 11) is 0. The summed E-state index contributed by atoms with van der Waals surface area (Å²) in [6, 6.07) is 0.366. The molecule has 3 nitrogen and oxygen atoms in total. The molecule has 0 saturated heterocycles. The van der Waals surface area contributed by atoms with Gasteiger partial charge in [0, 0.05) is 23.1 Å². The molecule has 0 N–H and O–H groups in total. The predicted molar refractivity (Wildman–Crippen MR) is 83.6 cm³/mol. The Labute approximate surface area is 127 Å². The Bertz CT molecular complexity index is 357. The normalized spacial score (nSPS) is 12.7. The van der Waals surface area contributed by atoms with Crippen molar-refractivity contribution in [2.24, 2.45) is 11.3 Å². The Kier molecular flexibility index (Phi) is 6.31. The van der Waals surface area contributed by atoms with Gasteiger partial charge in [0.05, 0.1) is 0 Å². The maximum absolute atomic E-state index is 4.44. The van der Waals surface area contributed by atoms with E-state index in [2.05, 4.69) is 69.6 Å². The zero-order chi connectivity index (χ0) is 13.8. The van der Waals surface area contributed by atoms with Gasteiger partial charge in [0.2, 0.25) is 0 Å². The van der Waals surface area contributed by atoms with Crippen molar-refractivity contribution < 1.29 is 0 Å². The van der Waals surface area contributed by atoms with Crippen LogP contribution in [-0.2, 0) is 6.42 Å². The molecule has 1 rings (SSSR count). The van der Waals surface area contributed by atoms with Crippen LogP contribution in [0.2, 0.25) is 0 Å². The first-order valence-corrected chi connectivity index (χ1v) is 8.68. The molecule has 0 aromatic carbocycles. The number of hydrogen-bond acceptors (Lipinski definition) is 2. The van der Waals surface area contributed by atoms with E-state index in [1.807, 2.05) is 4.68 Å². The third kappa shape index (κ3) is 4.05. The Morgan fingerprint density at radius 3 is 2.28 bits per heavy atom. The summed E-state index contributed by atoms with van der Waals surface area (Å²) in [6.07, 6.45) is 3.80. The minimum Gasteiger partial charge on any atom is -0.248 e. The number of nitrogens with zero attached hydrogens (tertiary/aromatic N) is 3. The van der Waals surface area contributed by atoms with Crippen molar-refractivity contribution in [3.8, 4) is 0 Å². The van der Waals surface area contributed by atoms with Gasteiger partial charge in [-0.15, -0.1) is 0 Å². The quantitative estimate of drug-likeness (QED) is 0.663. The fourth-order valence-corrected chi connectivity index (χ4v) is 4.13. The molecular formula is C13H23Br2N3. The lowest BCUT2D eigenvalue weighted by atomic mass is 9.80. The first-order valence-electron chi connectivity index (χ1n) is 6.44. The van der Waals surface area contributed by atoms with Crippen molar-refractivity contribution in [1.82, 2.24) is 14.8 Å². The van der Waals surface area contributed by atoms with Gasteiger partial charge in [-0.05, 0) is 31.6 Å². The van der Waals surface area contributed by atoms with Crippen LogP contribution in [0.25, 0.3) is 0 Å². The molecule has 5 heteroatoms. The summed E-state index contributed by atoms with van der Waals surface area (Å²) in [6.45, 7) is 8.83. The van der Waals surface area contributed by atoms with Crippen molar-refractivity contribution >= 4 is 31.9 Å². The van der Waals surface area contributed by atoms with Crippen LogP contribution in [0.3, 0.4) is 0 Å². The number of aromatic nitrogens is 3. The lowest BCUT2D eigenvalue weighted by Crippen LogP contribution is -2.31. The second kappa shape index (κ2) is 7.04. The molecule has 1 heterocycles. The molecule has 1 aromatic heterocycles. The molecule has 18 heavy (non-hydrogen) atoms. The van der Waals surface area contributed by atoms with Crippen molar-refractivity contribution in [2.75, 3.05) is 10.7 Å². The predicted octanol–water partition coefficient (Wildman–Crippen LogP) is 4.22. The second-order valence-electron chi connectivity index (χ2n) is 5.76. The van der Waals surface area contributed by atoms with E-state index in [1.165, 1.54) is 6.42 Å². The van der Waals surface area contributed by atoms with Crippen LogP contribution in [-0.4, -0.2) is 25.4 Å². The third-order valence-corrected chi connectivity index (χ3v) is 5.46. The molecule has 0 saturated carbocycles. The molecule has 0 atom stereocenters. The van der Waals surface area contributed by atoms with Crippen LogP contribution in [0.5, 0.6) is 0 Å². The van der Waals surface area contributed by atoms with Crippen molar-refractivity contribution in [1.29, 1.82) is 0 Å². The van der Waals surface area contributed by atoms with E-state index < -0.39 is 0 Å². The van der Waals surface area contributed by atoms with Gasteiger partial charge in [-0.1, -0.05) is 45.7 Å². The Hall–Kier alpha value is 0.1000. The molecule has 104 valence electrons. The first-order chi connectivity index (χ1) is 8.44. The Morgan fingerprint density at radius 1 is 1.22 bits per heavy atom. The Morgan fingerprint density at radius 2 is 1.83 bits per heavy atom. The van der Waals surface area contributed by atoms with Gasteiger partial charge >= 0.3 is 0 Å². The molecule has 0 aliphatic carbocycles. The molecule has 0 spiro atoms. The number of alkyl halides is 2. The highest BCUT2D eigenvalue weighted by atomic mass is 79.9. The van der Waals surface area contributed by atoms with Gasteiger partial charge in [0.15, 0.2) is 0 Å². The highest BCUT2D eigenvalue weighted by Crippen LogP contribution is 2.34. The van der Waals surface area contributed by atoms with E-state index in [4.69, 9.17) is 0 Å². The SMILES string of the molecule is CC(C)CC(CBr)(CBr)Cc1ncnn1C(C)C. The van der Waals surface area contributed by atoms with Gasteiger partial charge in [-0.3, -0.25) is 0 Å². The third-order valence-electron chi connectivity index (χ3n) is 3.08. The second-order valence-corrected chi connectivity index (χ2v) is 6.88. The first kappa shape index (κ1) is 16.2. The van der Waals surface area contributed by atoms with E-state index >= 15 is 0 Å². The summed E-state index contributed by atoms with van der Waals surface area (Å²) in [4.78, 5) is 4.44. The van der Waals surface area contributed by atoms with Gasteiger partial charge in [-0.25, -0.2) is 9.67 Å². The topological polar surface area (TPSA) is 30.7 Å². The van der Waals surface area contributed by atoms with Crippen LogP contribution in [0.1, 0.15) is 46.0 Å². The van der Waals surface area contributed by atoms with E-state index in [9.17, 15) is 0 Å². The number of rotatable bonds is 7. The van der Waals surface area contributed by atoms with Gasteiger partial charge in [-0.2, -0.15) is 5.10 Å². The molecule has 0 bridgehead atoms. The van der Waals surface area contributed by atoms with Gasteiger partial charge < -0.3 is 0 Å². The standard InChI is InChI=1S/C13H23Br2N3/c1-10(2)5-13(7-14,8-15)6-12-16-9-17-18(12)11(3)4/h9-11H,5-8H2,1-4H3. The average molecular weight is 381 g/mol. The van der Waals surface area contributed by atoms with Crippen LogP contribution >= 0.6 is 31.9 Å². The highest BCUT2D eigenvalue weighted by Gasteiger charge is 2.31. The molecule has 0 unspecified atom stereocenters. The maximum atomic E-state index is 4.44. The van der Waals surface area contributed by atoms with E-state index in [0.29, 0.717) is 12.0 Å². The lowest BCUT2D eigenvalue weighted by Gasteiger charge is -2.31. The molecule has 0 fully saturated rings. The zero-order valence-electron chi connectivity index (χ0n) is 11.7. The minimum atomic E-state index is 0.216. The van der Waals surface area contributed by atoms with E-state index in [0.717, 1.165) is 22.9 Å². The van der Waals surface area contributed by atoms with Crippen LogP contribution in [0.4, 0.5) is 0 Å². The Balaban J connectivity index is 2.92. The fourth-order valence-electron chi connectivity index (χ4n) is 2.34. The molecule has 1 aromatic rings. The molecule has 0 radical (unpaired) electrons. The maximum Gasteiger partial charge on any atom is 0.138 e. The van der Waals surface area contributed by atoms with Crippen LogP contribution in [0, 0.1) is 11.3 Å². The summed E-state index contributed by atoms with van der Waals surface area (Å²) >= 11 is 7.36. The van der Waals surface area contributed by atoms with Gasteiger partial charge in [0.1, 0.15) is 12.2 Å². The average Bonchev–Trinajstić information content (AvgIpc) is 2.75. The fraction of sp³-hybridized carbons (Fsp3) is 0.846. The summed E-state index contributed by atoms with van der Waals surface area (Å²) in [5, 5.41) is 6.28. The van der Waals surface area contributed by atoms with Gasteiger partial charge in [0.25, 0.3) is 0 Å². The minimum absolute atomic E-state index is 0.216. The number of hydrogen-bond donors (Lipinski definition) is 0. The summed E-state index contributed by atoms with van der Waals surface area (Å²) in [5.74, 6) is 1.76. The number of halogens is 2. The zero-order valence-corrected chi connectivity index (χ0v) is 14.8. The summed E-state index contributed by atoms with van der Waals surface area (Å²) in [5.41, 5.74) is 0.216. The molecule has 0 amide bonds. The van der Waals surface area contributed by atoms with Crippen molar-refractivity contribution in [2.45, 2.75) is 46.6 Å². The molecule has 0 aliphatic rings. The van der Waals surface area contributed by atoms with Crippen molar-refractivity contribution in [3.05, 3.63) is 12.2 Å². The van der Waals surface area contributed by atoms with E-state index in [-0.39, 0.29) is 5.41 Å². The smallest absolute Gasteiger partial charge is 0.138 e.